The zero-order chi connectivity index (χ0) is 11.7. The van der Waals surface area contributed by atoms with Crippen LogP contribution in [0.25, 0.3) is 5.65 Å². The van der Waals surface area contributed by atoms with Gasteiger partial charge in [-0.1, -0.05) is 13.0 Å². The first-order chi connectivity index (χ1) is 8.34. The van der Waals surface area contributed by atoms with Crippen LogP contribution in [0.4, 0.5) is 0 Å². The van der Waals surface area contributed by atoms with Crippen LogP contribution in [0, 0.1) is 5.92 Å². The fourth-order valence-corrected chi connectivity index (χ4v) is 2.29. The van der Waals surface area contributed by atoms with Crippen molar-refractivity contribution in [2.24, 2.45) is 5.92 Å². The predicted molar refractivity (Wildman–Crippen MR) is 66.3 cm³/mol. The highest BCUT2D eigenvalue weighted by Crippen LogP contribution is 2.20. The molecule has 0 radical (unpaired) electrons. The Morgan fingerprint density at radius 3 is 3.29 bits per heavy atom. The molecule has 0 aromatic carbocycles. The third-order valence-electron chi connectivity index (χ3n) is 3.42. The molecule has 1 N–H and O–H groups in total. The topological polar surface area (TPSA) is 38.6 Å². The molecule has 90 valence electrons. The van der Waals surface area contributed by atoms with Gasteiger partial charge in [0.25, 0.3) is 0 Å². The van der Waals surface area contributed by atoms with Crippen molar-refractivity contribution in [3.8, 4) is 5.88 Å². The number of fused-ring (bicyclic) bond motifs is 1. The molecule has 0 bridgehead atoms. The Hall–Kier alpha value is -1.55. The molecule has 4 nitrogen and oxygen atoms in total. The number of hydrogen-bond donors (Lipinski definition) is 1. The van der Waals surface area contributed by atoms with Gasteiger partial charge in [-0.3, -0.25) is 4.40 Å². The second-order valence-electron chi connectivity index (χ2n) is 4.65. The lowest BCUT2D eigenvalue weighted by molar-refractivity contribution is 0.108. The molecule has 17 heavy (non-hydrogen) atoms. The van der Waals surface area contributed by atoms with Gasteiger partial charge in [-0.2, -0.15) is 0 Å². The van der Waals surface area contributed by atoms with E-state index >= 15 is 0 Å². The molecule has 1 saturated heterocycles. The summed E-state index contributed by atoms with van der Waals surface area (Å²) in [5.74, 6) is 1.47. The molecule has 2 atom stereocenters. The van der Waals surface area contributed by atoms with Crippen LogP contribution in [-0.2, 0) is 0 Å². The lowest BCUT2D eigenvalue weighted by Gasteiger charge is -2.30. The summed E-state index contributed by atoms with van der Waals surface area (Å²) in [5.41, 5.74) is 0.930. The van der Waals surface area contributed by atoms with Crippen LogP contribution < -0.4 is 10.1 Å². The summed E-state index contributed by atoms with van der Waals surface area (Å²) in [6.45, 7) is 4.27. The van der Waals surface area contributed by atoms with Gasteiger partial charge < -0.3 is 10.1 Å². The van der Waals surface area contributed by atoms with E-state index in [0.717, 1.165) is 24.6 Å². The maximum Gasteiger partial charge on any atom is 0.199 e. The summed E-state index contributed by atoms with van der Waals surface area (Å²) in [6, 6.07) is 5.96. The average molecular weight is 231 g/mol. The van der Waals surface area contributed by atoms with Gasteiger partial charge in [0.15, 0.2) is 5.88 Å². The molecule has 3 heterocycles. The number of nitrogens with one attached hydrogen (secondary N) is 1. The number of imidazole rings is 1. The monoisotopic (exact) mass is 231 g/mol. The van der Waals surface area contributed by atoms with Crippen LogP contribution in [0.1, 0.15) is 13.3 Å². The van der Waals surface area contributed by atoms with E-state index in [1.54, 1.807) is 6.20 Å². The summed E-state index contributed by atoms with van der Waals surface area (Å²) in [7, 11) is 0. The van der Waals surface area contributed by atoms with E-state index in [0.29, 0.717) is 5.92 Å². The third-order valence-corrected chi connectivity index (χ3v) is 3.42. The molecule has 0 aliphatic carbocycles. The van der Waals surface area contributed by atoms with Gasteiger partial charge in [-0.05, 0) is 31.0 Å². The van der Waals surface area contributed by atoms with Crippen molar-refractivity contribution in [3.05, 3.63) is 30.6 Å². The molecule has 3 rings (SSSR count). The SMILES string of the molecule is CC1CCNCC1Oc1cccc2nccn12. The number of pyridine rings is 1. The van der Waals surface area contributed by atoms with Crippen LogP contribution >= 0.6 is 0 Å². The molecular formula is C13H17N3O. The largest absolute Gasteiger partial charge is 0.474 e. The van der Waals surface area contributed by atoms with Gasteiger partial charge in [0.05, 0.1) is 0 Å². The van der Waals surface area contributed by atoms with Crippen molar-refractivity contribution in [2.45, 2.75) is 19.4 Å². The zero-order valence-electron chi connectivity index (χ0n) is 9.97. The second-order valence-corrected chi connectivity index (χ2v) is 4.65. The Bertz CT molecular complexity index is 508. The Balaban J connectivity index is 1.86. The maximum absolute atomic E-state index is 6.10. The highest BCUT2D eigenvalue weighted by atomic mass is 16.5. The van der Waals surface area contributed by atoms with Crippen LogP contribution in [0.2, 0.25) is 0 Å². The minimum absolute atomic E-state index is 0.247. The standard InChI is InChI=1S/C13H17N3O/c1-10-5-6-14-9-11(10)17-13-4-2-3-12-15-7-8-16(12)13/h2-4,7-8,10-11,14H,5-6,9H2,1H3. The van der Waals surface area contributed by atoms with Gasteiger partial charge in [0, 0.05) is 18.9 Å². The summed E-state index contributed by atoms with van der Waals surface area (Å²) in [6.07, 6.45) is 5.15. The molecule has 2 aromatic rings. The Morgan fingerprint density at radius 2 is 2.41 bits per heavy atom. The van der Waals surface area contributed by atoms with Crippen LogP contribution in [-0.4, -0.2) is 28.6 Å². The van der Waals surface area contributed by atoms with Crippen molar-refractivity contribution in [2.75, 3.05) is 13.1 Å². The van der Waals surface area contributed by atoms with Gasteiger partial charge in [-0.15, -0.1) is 0 Å². The Morgan fingerprint density at radius 1 is 1.47 bits per heavy atom. The van der Waals surface area contributed by atoms with Gasteiger partial charge in [-0.25, -0.2) is 4.98 Å². The normalized spacial score (nSPS) is 25.0. The lowest BCUT2D eigenvalue weighted by atomic mass is 9.97. The van der Waals surface area contributed by atoms with Crippen molar-refractivity contribution in [1.82, 2.24) is 14.7 Å². The lowest BCUT2D eigenvalue weighted by Crippen LogP contribution is -2.43. The average Bonchev–Trinajstić information content (AvgIpc) is 2.81. The van der Waals surface area contributed by atoms with Crippen LogP contribution in [0.15, 0.2) is 30.6 Å². The van der Waals surface area contributed by atoms with Gasteiger partial charge >= 0.3 is 0 Å². The molecule has 4 heteroatoms. The van der Waals surface area contributed by atoms with Crippen molar-refractivity contribution in [1.29, 1.82) is 0 Å². The quantitative estimate of drug-likeness (QED) is 0.855. The summed E-state index contributed by atoms with van der Waals surface area (Å²) < 4.78 is 8.09. The maximum atomic E-state index is 6.10. The zero-order valence-corrected chi connectivity index (χ0v) is 9.97. The molecule has 0 amide bonds. The first-order valence-corrected chi connectivity index (χ1v) is 6.14. The number of rotatable bonds is 2. The minimum Gasteiger partial charge on any atom is -0.474 e. The smallest absolute Gasteiger partial charge is 0.199 e. The number of piperidine rings is 1. The highest BCUT2D eigenvalue weighted by Gasteiger charge is 2.23. The molecule has 0 spiro atoms. The summed E-state index contributed by atoms with van der Waals surface area (Å²) in [4.78, 5) is 4.26. The van der Waals surface area contributed by atoms with E-state index < -0.39 is 0 Å². The molecule has 2 aromatic heterocycles. The number of hydrogen-bond acceptors (Lipinski definition) is 3. The highest BCUT2D eigenvalue weighted by molar-refractivity contribution is 5.41. The Labute approximate surface area is 101 Å². The van der Waals surface area contributed by atoms with Crippen molar-refractivity contribution in [3.63, 3.8) is 0 Å². The minimum atomic E-state index is 0.247. The fraction of sp³-hybridized carbons (Fsp3) is 0.462. The third kappa shape index (κ3) is 2.00. The predicted octanol–water partition coefficient (Wildman–Crippen LogP) is 1.71. The summed E-state index contributed by atoms with van der Waals surface area (Å²) in [5, 5.41) is 3.38. The molecule has 2 unspecified atom stereocenters. The van der Waals surface area contributed by atoms with E-state index in [2.05, 4.69) is 17.2 Å². The number of aromatic nitrogens is 2. The Kier molecular flexibility index (Phi) is 2.73. The molecule has 1 aliphatic heterocycles. The molecular weight excluding hydrogens is 214 g/mol. The second kappa shape index (κ2) is 4.37. The fourth-order valence-electron chi connectivity index (χ4n) is 2.29. The number of ether oxygens (including phenoxy) is 1. The summed E-state index contributed by atoms with van der Waals surface area (Å²) >= 11 is 0. The molecule has 0 saturated carbocycles. The molecule has 1 fully saturated rings. The first kappa shape index (κ1) is 10.6. The van der Waals surface area contributed by atoms with E-state index in [1.165, 1.54) is 6.42 Å². The van der Waals surface area contributed by atoms with Gasteiger partial charge in [0.1, 0.15) is 11.8 Å². The van der Waals surface area contributed by atoms with Crippen LogP contribution in [0.5, 0.6) is 5.88 Å². The van der Waals surface area contributed by atoms with Crippen LogP contribution in [0.3, 0.4) is 0 Å². The van der Waals surface area contributed by atoms with E-state index in [1.807, 2.05) is 28.8 Å². The van der Waals surface area contributed by atoms with E-state index in [9.17, 15) is 0 Å². The van der Waals surface area contributed by atoms with Crippen molar-refractivity contribution < 1.29 is 4.74 Å². The van der Waals surface area contributed by atoms with E-state index in [4.69, 9.17) is 4.74 Å². The first-order valence-electron chi connectivity index (χ1n) is 6.14. The molecule has 1 aliphatic rings. The number of nitrogens with zero attached hydrogens (tertiary/aromatic N) is 2. The van der Waals surface area contributed by atoms with E-state index in [-0.39, 0.29) is 6.10 Å². The van der Waals surface area contributed by atoms with Crippen molar-refractivity contribution >= 4 is 5.65 Å². The van der Waals surface area contributed by atoms with Gasteiger partial charge in [0.2, 0.25) is 0 Å².